The number of nitrogens with zero attached hydrogens (tertiary/aromatic N) is 1. The first-order valence-corrected chi connectivity index (χ1v) is 8.90. The Morgan fingerprint density at radius 2 is 1.25 bits per heavy atom. The van der Waals surface area contributed by atoms with E-state index in [-0.39, 0.29) is 32.2 Å². The molecule has 0 bridgehead atoms. The van der Waals surface area contributed by atoms with Crippen molar-refractivity contribution in [1.29, 1.82) is 0 Å². The van der Waals surface area contributed by atoms with E-state index in [0.717, 1.165) is 16.0 Å². The van der Waals surface area contributed by atoms with E-state index in [1.54, 1.807) is 0 Å². The van der Waals surface area contributed by atoms with Crippen LogP contribution in [-0.2, 0) is 4.79 Å². The molecule has 1 heterocycles. The third-order valence-electron chi connectivity index (χ3n) is 4.99. The molecule has 1 fully saturated rings. The SMILES string of the molecule is O=C(N1CC[NH+](C(c2ccccc2)c2ccccc2)CC1)C(F)(F)C(F)(F)F. The van der Waals surface area contributed by atoms with Gasteiger partial charge in [-0.15, -0.1) is 0 Å². The van der Waals surface area contributed by atoms with Gasteiger partial charge >= 0.3 is 18.0 Å². The molecular weight excluding hydrogens is 379 g/mol. The van der Waals surface area contributed by atoms with E-state index in [4.69, 9.17) is 0 Å². The second kappa shape index (κ2) is 7.87. The van der Waals surface area contributed by atoms with Gasteiger partial charge in [-0.25, -0.2) is 0 Å². The molecule has 0 unspecified atom stereocenters. The zero-order valence-corrected chi connectivity index (χ0v) is 14.9. The lowest BCUT2D eigenvalue weighted by atomic mass is 9.96. The van der Waals surface area contributed by atoms with Gasteiger partial charge in [0.15, 0.2) is 0 Å². The maximum Gasteiger partial charge on any atom is 0.463 e. The van der Waals surface area contributed by atoms with E-state index in [0.29, 0.717) is 4.90 Å². The minimum absolute atomic E-state index is 0.0946. The summed E-state index contributed by atoms with van der Waals surface area (Å²) in [4.78, 5) is 13.4. The Morgan fingerprint density at radius 3 is 1.64 bits per heavy atom. The molecule has 3 rings (SSSR count). The maximum absolute atomic E-state index is 13.4. The number of nitrogens with one attached hydrogen (secondary N) is 1. The molecule has 0 aliphatic carbocycles. The van der Waals surface area contributed by atoms with Gasteiger partial charge in [-0.2, -0.15) is 22.0 Å². The van der Waals surface area contributed by atoms with Crippen LogP contribution in [-0.4, -0.2) is 49.1 Å². The van der Waals surface area contributed by atoms with E-state index < -0.39 is 18.0 Å². The number of hydrogen-bond donors (Lipinski definition) is 1. The molecule has 0 atom stereocenters. The Kier molecular flexibility index (Phi) is 5.69. The van der Waals surface area contributed by atoms with Crippen LogP contribution in [0, 0.1) is 0 Å². The van der Waals surface area contributed by atoms with Crippen LogP contribution in [0.1, 0.15) is 17.2 Å². The molecule has 0 radical (unpaired) electrons. The summed E-state index contributed by atoms with van der Waals surface area (Å²) in [6.45, 7) is 0.230. The number of carbonyl (C=O) groups is 1. The fraction of sp³-hybridized carbons (Fsp3) is 0.350. The first kappa shape index (κ1) is 20.3. The summed E-state index contributed by atoms with van der Waals surface area (Å²) in [5.74, 6) is -7.53. The van der Waals surface area contributed by atoms with E-state index >= 15 is 0 Å². The zero-order valence-electron chi connectivity index (χ0n) is 14.9. The second-order valence-corrected chi connectivity index (χ2v) is 6.78. The highest BCUT2D eigenvalue weighted by Crippen LogP contribution is 2.36. The molecule has 2 aromatic carbocycles. The van der Waals surface area contributed by atoms with E-state index in [1.165, 1.54) is 0 Å². The minimum atomic E-state index is -5.88. The van der Waals surface area contributed by atoms with Gasteiger partial charge in [-0.1, -0.05) is 60.7 Å². The number of piperazine rings is 1. The lowest BCUT2D eigenvalue weighted by molar-refractivity contribution is -0.929. The van der Waals surface area contributed by atoms with E-state index in [1.807, 2.05) is 60.7 Å². The van der Waals surface area contributed by atoms with Crippen LogP contribution in [0.2, 0.25) is 0 Å². The smallest absolute Gasteiger partial charge is 0.326 e. The summed E-state index contributed by atoms with van der Waals surface area (Å²) in [5.41, 5.74) is 2.04. The van der Waals surface area contributed by atoms with Crippen molar-refractivity contribution in [2.24, 2.45) is 0 Å². The van der Waals surface area contributed by atoms with Crippen molar-refractivity contribution in [2.45, 2.75) is 18.1 Å². The Balaban J connectivity index is 1.77. The molecule has 8 heteroatoms. The van der Waals surface area contributed by atoms with Gasteiger partial charge in [-0.05, 0) is 0 Å². The molecule has 3 nitrogen and oxygen atoms in total. The van der Waals surface area contributed by atoms with Crippen LogP contribution in [0.4, 0.5) is 22.0 Å². The number of amides is 1. The van der Waals surface area contributed by atoms with Gasteiger partial charge in [0, 0.05) is 11.1 Å². The maximum atomic E-state index is 13.4. The average molecular weight is 399 g/mol. The molecular formula is C20H20F5N2O+. The highest BCUT2D eigenvalue weighted by atomic mass is 19.4. The lowest BCUT2D eigenvalue weighted by Crippen LogP contribution is -3.15. The fourth-order valence-corrected chi connectivity index (χ4v) is 3.56. The van der Waals surface area contributed by atoms with Gasteiger partial charge in [-0.3, -0.25) is 4.79 Å². The molecule has 150 valence electrons. The van der Waals surface area contributed by atoms with Crippen LogP contribution < -0.4 is 4.90 Å². The van der Waals surface area contributed by atoms with Crippen molar-refractivity contribution in [3.63, 3.8) is 0 Å². The fourth-order valence-electron chi connectivity index (χ4n) is 3.56. The van der Waals surface area contributed by atoms with Crippen LogP contribution in [0.25, 0.3) is 0 Å². The zero-order chi connectivity index (χ0) is 20.4. The normalized spacial score (nSPS) is 16.4. The largest absolute Gasteiger partial charge is 0.463 e. The summed E-state index contributed by atoms with van der Waals surface area (Å²) in [6, 6.07) is 19.1. The molecule has 0 saturated carbocycles. The molecule has 2 aromatic rings. The molecule has 0 aromatic heterocycles. The van der Waals surface area contributed by atoms with Crippen LogP contribution >= 0.6 is 0 Å². The minimum Gasteiger partial charge on any atom is -0.326 e. The third kappa shape index (κ3) is 4.01. The van der Waals surface area contributed by atoms with Crippen molar-refractivity contribution in [3.05, 3.63) is 71.8 Å². The average Bonchev–Trinajstić information content (AvgIpc) is 2.69. The van der Waals surface area contributed by atoms with E-state index in [2.05, 4.69) is 0 Å². The van der Waals surface area contributed by atoms with Gasteiger partial charge in [0.2, 0.25) is 0 Å². The summed E-state index contributed by atoms with van der Waals surface area (Å²) >= 11 is 0. The Bertz CT molecular complexity index is 748. The number of carbonyl (C=O) groups excluding carboxylic acids is 1. The van der Waals surface area contributed by atoms with Crippen molar-refractivity contribution < 1.29 is 31.6 Å². The van der Waals surface area contributed by atoms with Gasteiger partial charge in [0.05, 0.1) is 26.2 Å². The number of halogens is 5. The predicted molar refractivity (Wildman–Crippen MR) is 93.0 cm³/mol. The molecule has 28 heavy (non-hydrogen) atoms. The van der Waals surface area contributed by atoms with Crippen LogP contribution in [0.5, 0.6) is 0 Å². The van der Waals surface area contributed by atoms with Gasteiger partial charge in [0.1, 0.15) is 6.04 Å². The number of benzene rings is 2. The quantitative estimate of drug-likeness (QED) is 0.786. The molecule has 1 aliphatic heterocycles. The third-order valence-corrected chi connectivity index (χ3v) is 4.99. The summed E-state index contributed by atoms with van der Waals surface area (Å²) in [5, 5.41) is 0. The summed E-state index contributed by atoms with van der Waals surface area (Å²) in [7, 11) is 0. The number of rotatable bonds is 4. The Morgan fingerprint density at radius 1 is 0.821 bits per heavy atom. The topological polar surface area (TPSA) is 24.8 Å². The van der Waals surface area contributed by atoms with Crippen molar-refractivity contribution in [3.8, 4) is 0 Å². The van der Waals surface area contributed by atoms with E-state index in [9.17, 15) is 26.7 Å². The lowest BCUT2D eigenvalue weighted by Gasteiger charge is -2.38. The second-order valence-electron chi connectivity index (χ2n) is 6.78. The number of alkyl halides is 5. The molecule has 1 saturated heterocycles. The van der Waals surface area contributed by atoms with Crippen LogP contribution in [0.15, 0.2) is 60.7 Å². The molecule has 0 spiro atoms. The van der Waals surface area contributed by atoms with Crippen molar-refractivity contribution in [2.75, 3.05) is 26.2 Å². The first-order chi connectivity index (χ1) is 13.2. The molecule has 1 aliphatic rings. The van der Waals surface area contributed by atoms with Crippen molar-refractivity contribution in [1.82, 2.24) is 4.90 Å². The Labute approximate surface area is 159 Å². The molecule has 1 amide bonds. The first-order valence-electron chi connectivity index (χ1n) is 8.90. The highest BCUT2D eigenvalue weighted by Gasteiger charge is 2.64. The number of hydrogen-bond acceptors (Lipinski definition) is 1. The van der Waals surface area contributed by atoms with Gasteiger partial charge < -0.3 is 9.80 Å². The Hall–Kier alpha value is -2.48. The monoisotopic (exact) mass is 399 g/mol. The molecule has 1 N–H and O–H groups in total. The standard InChI is InChI=1S/C20H19F5N2O/c21-19(22,20(23,24)25)18(28)27-13-11-26(12-14-27)17(15-7-3-1-4-8-15)16-9-5-2-6-10-16/h1-10,17H,11-14H2/p+1. The number of quaternary nitrogens is 1. The van der Waals surface area contributed by atoms with Crippen molar-refractivity contribution >= 4 is 5.91 Å². The highest BCUT2D eigenvalue weighted by molar-refractivity contribution is 5.84. The predicted octanol–water partition coefficient (Wildman–Crippen LogP) is 2.70. The summed E-state index contributed by atoms with van der Waals surface area (Å²) in [6.07, 6.45) is -5.88. The van der Waals surface area contributed by atoms with Gasteiger partial charge in [0.25, 0.3) is 0 Å². The summed E-state index contributed by atoms with van der Waals surface area (Å²) < 4.78 is 64.2. The van der Waals surface area contributed by atoms with Crippen LogP contribution in [0.3, 0.4) is 0 Å².